The van der Waals surface area contributed by atoms with Gasteiger partial charge in [-0.05, 0) is 42.5 Å². The largest absolute Gasteiger partial charge is 0.304 e. The monoisotopic (exact) mass is 282 g/mol. The summed E-state index contributed by atoms with van der Waals surface area (Å²) in [6.45, 7) is 4.39. The molecule has 0 bridgehead atoms. The number of nitrogens with one attached hydrogen (secondary N) is 1. The van der Waals surface area contributed by atoms with Crippen molar-refractivity contribution in [2.45, 2.75) is 25.9 Å². The van der Waals surface area contributed by atoms with Crippen molar-refractivity contribution in [3.8, 4) is 0 Å². The Bertz CT molecular complexity index is 690. The van der Waals surface area contributed by atoms with E-state index in [0.717, 1.165) is 5.52 Å². The van der Waals surface area contributed by atoms with Crippen LogP contribution in [-0.2, 0) is 0 Å². The van der Waals surface area contributed by atoms with Crippen LogP contribution in [0.5, 0.6) is 0 Å². The molecule has 20 heavy (non-hydrogen) atoms. The maximum Gasteiger partial charge on any atom is 0.0809 e. The zero-order valence-electron chi connectivity index (χ0n) is 11.7. The van der Waals surface area contributed by atoms with Gasteiger partial charge >= 0.3 is 0 Å². The standard InChI is InChI=1S/C17H18N2S/c1-12(14-6-4-3-5-7-14)19-13(2)15-10-17-16(18-11-15)8-9-20-17/h3-13,19H,1-2H3/t12-,13?/m0/s1. The highest BCUT2D eigenvalue weighted by Gasteiger charge is 2.12. The lowest BCUT2D eigenvalue weighted by Crippen LogP contribution is -2.22. The maximum atomic E-state index is 4.51. The van der Waals surface area contributed by atoms with Crippen molar-refractivity contribution in [1.82, 2.24) is 10.3 Å². The van der Waals surface area contributed by atoms with Crippen LogP contribution in [0.3, 0.4) is 0 Å². The minimum atomic E-state index is 0.282. The molecule has 1 N–H and O–H groups in total. The molecule has 3 heteroatoms. The van der Waals surface area contributed by atoms with E-state index in [1.807, 2.05) is 12.3 Å². The predicted octanol–water partition coefficient (Wildman–Crippen LogP) is 4.71. The smallest absolute Gasteiger partial charge is 0.0809 e. The molecule has 0 saturated carbocycles. The number of thiophene rings is 1. The number of fused-ring (bicyclic) bond motifs is 1. The second-order valence-corrected chi connectivity index (χ2v) is 6.04. The molecule has 0 fully saturated rings. The number of pyridine rings is 1. The van der Waals surface area contributed by atoms with Gasteiger partial charge in [-0.15, -0.1) is 11.3 Å². The number of hydrogen-bond acceptors (Lipinski definition) is 3. The van der Waals surface area contributed by atoms with E-state index in [0.29, 0.717) is 6.04 Å². The van der Waals surface area contributed by atoms with Gasteiger partial charge in [0.2, 0.25) is 0 Å². The third-order valence-corrected chi connectivity index (χ3v) is 4.48. The highest BCUT2D eigenvalue weighted by molar-refractivity contribution is 7.17. The number of hydrogen-bond donors (Lipinski definition) is 1. The van der Waals surface area contributed by atoms with E-state index in [9.17, 15) is 0 Å². The fraction of sp³-hybridized carbons (Fsp3) is 0.235. The fourth-order valence-corrected chi connectivity index (χ4v) is 3.20. The Morgan fingerprint density at radius 2 is 1.75 bits per heavy atom. The summed E-state index contributed by atoms with van der Waals surface area (Å²) >= 11 is 1.74. The zero-order valence-corrected chi connectivity index (χ0v) is 12.5. The highest BCUT2D eigenvalue weighted by atomic mass is 32.1. The summed E-state index contributed by atoms with van der Waals surface area (Å²) in [5.41, 5.74) is 3.63. The van der Waals surface area contributed by atoms with Crippen LogP contribution < -0.4 is 5.32 Å². The molecule has 2 nitrogen and oxygen atoms in total. The molecule has 0 spiro atoms. The second kappa shape index (κ2) is 5.73. The average Bonchev–Trinajstić information content (AvgIpc) is 2.95. The summed E-state index contributed by atoms with van der Waals surface area (Å²) in [4.78, 5) is 4.51. The van der Waals surface area contributed by atoms with E-state index in [4.69, 9.17) is 0 Å². The van der Waals surface area contributed by atoms with Gasteiger partial charge in [0.15, 0.2) is 0 Å². The van der Waals surface area contributed by atoms with Gasteiger partial charge in [0.1, 0.15) is 0 Å². The molecule has 2 heterocycles. The van der Waals surface area contributed by atoms with Crippen LogP contribution in [0.15, 0.2) is 54.0 Å². The Morgan fingerprint density at radius 3 is 2.55 bits per heavy atom. The summed E-state index contributed by atoms with van der Waals surface area (Å²) in [5, 5.41) is 5.72. The minimum absolute atomic E-state index is 0.282. The van der Waals surface area contributed by atoms with Crippen LogP contribution in [0.25, 0.3) is 10.2 Å². The molecular formula is C17H18N2S. The van der Waals surface area contributed by atoms with E-state index in [2.05, 4.69) is 65.9 Å². The summed E-state index contributed by atoms with van der Waals surface area (Å²) in [6, 6.07) is 15.4. The lowest BCUT2D eigenvalue weighted by molar-refractivity contribution is 0.494. The quantitative estimate of drug-likeness (QED) is 0.749. The predicted molar refractivity (Wildman–Crippen MR) is 86.0 cm³/mol. The SMILES string of the molecule is CC(N[C@@H](C)c1ccccc1)c1cnc2ccsc2c1. The number of rotatable bonds is 4. The third-order valence-electron chi connectivity index (χ3n) is 3.62. The maximum absolute atomic E-state index is 4.51. The first-order chi connectivity index (χ1) is 9.74. The first-order valence-electron chi connectivity index (χ1n) is 6.88. The van der Waals surface area contributed by atoms with Crippen molar-refractivity contribution in [2.75, 3.05) is 0 Å². The van der Waals surface area contributed by atoms with Gasteiger partial charge < -0.3 is 5.32 Å². The van der Waals surface area contributed by atoms with Crippen LogP contribution in [0, 0.1) is 0 Å². The fourth-order valence-electron chi connectivity index (χ4n) is 2.41. The van der Waals surface area contributed by atoms with E-state index in [1.165, 1.54) is 15.8 Å². The lowest BCUT2D eigenvalue weighted by Gasteiger charge is -2.20. The molecule has 0 saturated heterocycles. The molecule has 2 aromatic heterocycles. The van der Waals surface area contributed by atoms with Crippen molar-refractivity contribution < 1.29 is 0 Å². The molecule has 102 valence electrons. The summed E-state index contributed by atoms with van der Waals surface area (Å²) in [6.07, 6.45) is 1.98. The first kappa shape index (κ1) is 13.3. The molecule has 1 aromatic carbocycles. The molecular weight excluding hydrogens is 264 g/mol. The van der Waals surface area contributed by atoms with Gasteiger partial charge in [-0.3, -0.25) is 4.98 Å². The molecule has 0 aliphatic heterocycles. The topological polar surface area (TPSA) is 24.9 Å². The van der Waals surface area contributed by atoms with Gasteiger partial charge in [-0.25, -0.2) is 0 Å². The summed E-state index contributed by atoms with van der Waals surface area (Å²) in [7, 11) is 0. The lowest BCUT2D eigenvalue weighted by atomic mass is 10.1. The van der Waals surface area contributed by atoms with Crippen LogP contribution in [0.1, 0.15) is 37.1 Å². The van der Waals surface area contributed by atoms with Crippen LogP contribution >= 0.6 is 11.3 Å². The van der Waals surface area contributed by atoms with Gasteiger partial charge in [0.25, 0.3) is 0 Å². The normalized spacial score (nSPS) is 14.3. The average molecular weight is 282 g/mol. The van der Waals surface area contributed by atoms with Crippen LogP contribution in [0.2, 0.25) is 0 Å². The van der Waals surface area contributed by atoms with Gasteiger partial charge in [-0.1, -0.05) is 30.3 Å². The van der Waals surface area contributed by atoms with Gasteiger partial charge in [-0.2, -0.15) is 0 Å². The Labute approximate surface area is 123 Å². The Kier molecular flexibility index (Phi) is 3.81. The number of benzene rings is 1. The van der Waals surface area contributed by atoms with E-state index >= 15 is 0 Å². The molecule has 1 unspecified atom stereocenters. The number of nitrogens with zero attached hydrogens (tertiary/aromatic N) is 1. The highest BCUT2D eigenvalue weighted by Crippen LogP contribution is 2.24. The van der Waals surface area contributed by atoms with Crippen LogP contribution in [-0.4, -0.2) is 4.98 Å². The van der Waals surface area contributed by atoms with Crippen molar-refractivity contribution in [1.29, 1.82) is 0 Å². The molecule has 3 rings (SSSR count). The van der Waals surface area contributed by atoms with E-state index in [1.54, 1.807) is 11.3 Å². The van der Waals surface area contributed by atoms with E-state index < -0.39 is 0 Å². The number of aromatic nitrogens is 1. The van der Waals surface area contributed by atoms with Gasteiger partial charge in [0, 0.05) is 18.3 Å². The van der Waals surface area contributed by atoms with Crippen LogP contribution in [0.4, 0.5) is 0 Å². The second-order valence-electron chi connectivity index (χ2n) is 5.09. The van der Waals surface area contributed by atoms with E-state index in [-0.39, 0.29) is 6.04 Å². The minimum Gasteiger partial charge on any atom is -0.304 e. The Balaban J connectivity index is 1.76. The van der Waals surface area contributed by atoms with Gasteiger partial charge in [0.05, 0.1) is 10.2 Å². The Morgan fingerprint density at radius 1 is 1.00 bits per heavy atom. The summed E-state index contributed by atoms with van der Waals surface area (Å²) < 4.78 is 1.25. The zero-order chi connectivity index (χ0) is 13.9. The van der Waals surface area contributed by atoms with Crippen molar-refractivity contribution in [3.05, 3.63) is 65.2 Å². The van der Waals surface area contributed by atoms with Crippen molar-refractivity contribution in [3.63, 3.8) is 0 Å². The third kappa shape index (κ3) is 2.74. The van der Waals surface area contributed by atoms with Crippen molar-refractivity contribution in [2.24, 2.45) is 0 Å². The molecule has 3 aromatic rings. The molecule has 0 amide bonds. The molecule has 2 atom stereocenters. The summed E-state index contributed by atoms with van der Waals surface area (Å²) in [5.74, 6) is 0. The molecule has 0 aliphatic rings. The van der Waals surface area contributed by atoms with Crippen molar-refractivity contribution >= 4 is 21.6 Å². The molecule has 0 aliphatic carbocycles. The first-order valence-corrected chi connectivity index (χ1v) is 7.76. The molecule has 0 radical (unpaired) electrons. The Hall–Kier alpha value is -1.71.